The van der Waals surface area contributed by atoms with Crippen molar-refractivity contribution < 1.29 is 0 Å². The maximum atomic E-state index is 3.55. The minimum absolute atomic E-state index is 0.698. The summed E-state index contributed by atoms with van der Waals surface area (Å²) < 4.78 is 0. The van der Waals surface area contributed by atoms with Crippen molar-refractivity contribution in [3.8, 4) is 0 Å². The van der Waals surface area contributed by atoms with Crippen molar-refractivity contribution in [2.75, 3.05) is 20.1 Å². The van der Waals surface area contributed by atoms with Crippen molar-refractivity contribution in [3.05, 3.63) is 0 Å². The van der Waals surface area contributed by atoms with E-state index in [4.69, 9.17) is 0 Å². The Labute approximate surface area is 93.4 Å². The number of piperidine rings is 2. The van der Waals surface area contributed by atoms with Crippen LogP contribution in [-0.2, 0) is 0 Å². The zero-order chi connectivity index (χ0) is 10.5. The molecule has 0 saturated carbocycles. The third-order valence-electron chi connectivity index (χ3n) is 5.56. The van der Waals surface area contributed by atoms with Crippen LogP contribution in [0.25, 0.3) is 0 Å². The third-order valence-corrected chi connectivity index (χ3v) is 5.56. The number of nitrogens with zero attached hydrogens (tertiary/aromatic N) is 1. The number of nitrogens with one attached hydrogen (secondary N) is 1. The summed E-state index contributed by atoms with van der Waals surface area (Å²) in [6.07, 6.45) is 7.30. The van der Waals surface area contributed by atoms with Gasteiger partial charge < -0.3 is 10.2 Å². The molecule has 2 nitrogen and oxygen atoms in total. The molecule has 3 aliphatic rings. The van der Waals surface area contributed by atoms with Crippen LogP contribution in [-0.4, -0.2) is 37.1 Å². The van der Waals surface area contributed by atoms with E-state index in [-0.39, 0.29) is 0 Å². The van der Waals surface area contributed by atoms with Gasteiger partial charge in [-0.15, -0.1) is 0 Å². The van der Waals surface area contributed by atoms with Crippen LogP contribution in [0.5, 0.6) is 0 Å². The van der Waals surface area contributed by atoms with Crippen molar-refractivity contribution in [1.29, 1.82) is 0 Å². The van der Waals surface area contributed by atoms with Gasteiger partial charge in [-0.2, -0.15) is 0 Å². The zero-order valence-electron chi connectivity index (χ0n) is 10.1. The highest BCUT2D eigenvalue weighted by molar-refractivity contribution is 5.03. The van der Waals surface area contributed by atoms with Crippen LogP contribution >= 0.6 is 0 Å². The molecule has 2 bridgehead atoms. The lowest BCUT2D eigenvalue weighted by atomic mass is 9.63. The molecule has 0 aromatic carbocycles. The van der Waals surface area contributed by atoms with E-state index in [1.54, 1.807) is 0 Å². The Morgan fingerprint density at radius 1 is 1.20 bits per heavy atom. The first-order valence-electron chi connectivity index (χ1n) is 6.64. The van der Waals surface area contributed by atoms with Crippen molar-refractivity contribution in [1.82, 2.24) is 10.2 Å². The first kappa shape index (κ1) is 10.1. The van der Waals surface area contributed by atoms with E-state index < -0.39 is 0 Å². The summed E-state index contributed by atoms with van der Waals surface area (Å²) in [5, 5.41) is 3.55. The standard InChI is InChI=1S/C13H24N2/c1-10-9-14-6-5-13(10)7-11-3-4-12(8-13)15(11)2/h10-12,14H,3-9H2,1-2H3. The summed E-state index contributed by atoms with van der Waals surface area (Å²) in [5.74, 6) is 0.892. The minimum Gasteiger partial charge on any atom is -0.316 e. The third kappa shape index (κ3) is 1.45. The van der Waals surface area contributed by atoms with Crippen LogP contribution in [0.3, 0.4) is 0 Å². The Kier molecular flexibility index (Phi) is 2.33. The monoisotopic (exact) mass is 208 g/mol. The highest BCUT2D eigenvalue weighted by Crippen LogP contribution is 2.51. The molecule has 0 radical (unpaired) electrons. The number of rotatable bonds is 0. The summed E-state index contributed by atoms with van der Waals surface area (Å²) in [5.41, 5.74) is 0.698. The molecule has 0 aliphatic carbocycles. The molecule has 86 valence electrons. The van der Waals surface area contributed by atoms with Gasteiger partial charge in [0.1, 0.15) is 0 Å². The summed E-state index contributed by atoms with van der Waals surface area (Å²) >= 11 is 0. The summed E-state index contributed by atoms with van der Waals surface area (Å²) in [6, 6.07) is 1.81. The lowest BCUT2D eigenvalue weighted by Crippen LogP contribution is -2.53. The molecule has 15 heavy (non-hydrogen) atoms. The van der Waals surface area contributed by atoms with E-state index in [1.165, 1.54) is 45.2 Å². The number of fused-ring (bicyclic) bond motifs is 2. The molecule has 3 rings (SSSR count). The molecule has 3 heterocycles. The molecule has 0 aromatic rings. The van der Waals surface area contributed by atoms with E-state index >= 15 is 0 Å². The Balaban J connectivity index is 1.82. The quantitative estimate of drug-likeness (QED) is 0.653. The maximum absolute atomic E-state index is 3.55. The Bertz CT molecular complexity index is 237. The molecule has 3 aliphatic heterocycles. The first-order chi connectivity index (χ1) is 7.21. The second kappa shape index (κ2) is 3.46. The molecule has 2 heteroatoms. The first-order valence-corrected chi connectivity index (χ1v) is 6.64. The average molecular weight is 208 g/mol. The van der Waals surface area contributed by atoms with Crippen LogP contribution in [0.1, 0.15) is 39.0 Å². The molecule has 3 fully saturated rings. The van der Waals surface area contributed by atoms with Gasteiger partial charge in [0.25, 0.3) is 0 Å². The number of hydrogen-bond donors (Lipinski definition) is 1. The smallest absolute Gasteiger partial charge is 0.0101 e. The van der Waals surface area contributed by atoms with Crippen molar-refractivity contribution >= 4 is 0 Å². The molecule has 1 N–H and O–H groups in total. The van der Waals surface area contributed by atoms with Gasteiger partial charge in [-0.1, -0.05) is 6.92 Å². The van der Waals surface area contributed by atoms with E-state index in [9.17, 15) is 0 Å². The molecule has 1 spiro atoms. The van der Waals surface area contributed by atoms with Crippen LogP contribution < -0.4 is 5.32 Å². The Hall–Kier alpha value is -0.0800. The number of hydrogen-bond acceptors (Lipinski definition) is 2. The predicted octanol–water partition coefficient (Wildman–Crippen LogP) is 1.86. The van der Waals surface area contributed by atoms with Gasteiger partial charge in [0.2, 0.25) is 0 Å². The second-order valence-electron chi connectivity index (χ2n) is 6.18. The minimum atomic E-state index is 0.698. The highest BCUT2D eigenvalue weighted by atomic mass is 15.2. The summed E-state index contributed by atoms with van der Waals surface area (Å²) in [4.78, 5) is 2.67. The van der Waals surface area contributed by atoms with Gasteiger partial charge >= 0.3 is 0 Å². The maximum Gasteiger partial charge on any atom is 0.0101 e. The van der Waals surface area contributed by atoms with Crippen molar-refractivity contribution in [2.45, 2.75) is 51.1 Å². The van der Waals surface area contributed by atoms with Crippen LogP contribution in [0.4, 0.5) is 0 Å². The summed E-state index contributed by atoms with van der Waals surface area (Å²) in [6.45, 7) is 4.98. The van der Waals surface area contributed by atoms with E-state index in [0.717, 1.165) is 18.0 Å². The van der Waals surface area contributed by atoms with Gasteiger partial charge in [0, 0.05) is 12.1 Å². The molecule has 3 saturated heterocycles. The van der Waals surface area contributed by atoms with Gasteiger partial charge in [-0.3, -0.25) is 0 Å². The van der Waals surface area contributed by atoms with Gasteiger partial charge in [-0.25, -0.2) is 0 Å². The highest BCUT2D eigenvalue weighted by Gasteiger charge is 2.49. The SMILES string of the molecule is CC1CNCCC12CC1CCC(C2)N1C. The molecular formula is C13H24N2. The largest absolute Gasteiger partial charge is 0.316 e. The normalized spacial score (nSPS) is 51.2. The molecular weight excluding hydrogens is 184 g/mol. The van der Waals surface area contributed by atoms with Crippen LogP contribution in [0.15, 0.2) is 0 Å². The van der Waals surface area contributed by atoms with Gasteiger partial charge in [0.05, 0.1) is 0 Å². The van der Waals surface area contributed by atoms with E-state index in [0.29, 0.717) is 5.41 Å². The lowest BCUT2D eigenvalue weighted by Gasteiger charge is -2.51. The van der Waals surface area contributed by atoms with E-state index in [1.807, 2.05) is 0 Å². The lowest BCUT2D eigenvalue weighted by molar-refractivity contribution is -0.000632. The average Bonchev–Trinajstić information content (AvgIpc) is 2.49. The molecule has 3 atom stereocenters. The van der Waals surface area contributed by atoms with Crippen molar-refractivity contribution in [2.24, 2.45) is 11.3 Å². The Morgan fingerprint density at radius 3 is 2.47 bits per heavy atom. The molecule has 0 aromatic heterocycles. The van der Waals surface area contributed by atoms with Gasteiger partial charge in [-0.05, 0) is 63.6 Å². The van der Waals surface area contributed by atoms with E-state index in [2.05, 4.69) is 24.2 Å². The van der Waals surface area contributed by atoms with Crippen LogP contribution in [0.2, 0.25) is 0 Å². The Morgan fingerprint density at radius 2 is 1.87 bits per heavy atom. The van der Waals surface area contributed by atoms with Gasteiger partial charge in [0.15, 0.2) is 0 Å². The van der Waals surface area contributed by atoms with Crippen LogP contribution in [0, 0.1) is 11.3 Å². The topological polar surface area (TPSA) is 15.3 Å². The molecule has 0 amide bonds. The fourth-order valence-corrected chi connectivity index (χ4v) is 4.33. The second-order valence-corrected chi connectivity index (χ2v) is 6.18. The zero-order valence-corrected chi connectivity index (χ0v) is 10.1. The molecule has 3 unspecified atom stereocenters. The summed E-state index contributed by atoms with van der Waals surface area (Å²) in [7, 11) is 2.35. The fourth-order valence-electron chi connectivity index (χ4n) is 4.33. The van der Waals surface area contributed by atoms with Crippen molar-refractivity contribution in [3.63, 3.8) is 0 Å². The predicted molar refractivity (Wildman–Crippen MR) is 62.9 cm³/mol. The fraction of sp³-hybridized carbons (Fsp3) is 1.00.